The predicted octanol–water partition coefficient (Wildman–Crippen LogP) is 2.94. The first kappa shape index (κ1) is 12.4. The lowest BCUT2D eigenvalue weighted by Crippen LogP contribution is -2.21. The number of fused-ring (bicyclic) bond motifs is 1. The molecule has 0 radical (unpaired) electrons. The fourth-order valence-electron chi connectivity index (χ4n) is 2.08. The van der Waals surface area contributed by atoms with Crippen LogP contribution < -0.4 is 5.32 Å². The molecule has 1 aromatic heterocycles. The molecule has 1 N–H and O–H groups in total. The SMILES string of the molecule is CCNCC(C)c1nc2cc(Cl)ccc2n1C. The van der Waals surface area contributed by atoms with Gasteiger partial charge in [0, 0.05) is 24.5 Å². The van der Waals surface area contributed by atoms with Crippen molar-refractivity contribution in [1.29, 1.82) is 0 Å². The minimum absolute atomic E-state index is 0.395. The van der Waals surface area contributed by atoms with E-state index < -0.39 is 0 Å². The summed E-state index contributed by atoms with van der Waals surface area (Å²) >= 11 is 5.98. The molecule has 1 aromatic carbocycles. The average Bonchev–Trinajstić information content (AvgIpc) is 2.63. The van der Waals surface area contributed by atoms with Crippen molar-refractivity contribution < 1.29 is 0 Å². The quantitative estimate of drug-likeness (QED) is 0.906. The monoisotopic (exact) mass is 251 g/mol. The standard InChI is InChI=1S/C13H18ClN3/c1-4-15-8-9(2)13-16-11-7-10(14)5-6-12(11)17(13)3/h5-7,9,15H,4,8H2,1-3H3. The Morgan fingerprint density at radius 1 is 1.47 bits per heavy atom. The van der Waals surface area contributed by atoms with Crippen LogP contribution in [0.4, 0.5) is 0 Å². The highest BCUT2D eigenvalue weighted by atomic mass is 35.5. The Kier molecular flexibility index (Phi) is 3.69. The fourth-order valence-corrected chi connectivity index (χ4v) is 2.25. The summed E-state index contributed by atoms with van der Waals surface area (Å²) in [5.41, 5.74) is 2.10. The van der Waals surface area contributed by atoms with Gasteiger partial charge in [-0.3, -0.25) is 0 Å². The van der Waals surface area contributed by atoms with Crippen molar-refractivity contribution in [2.24, 2.45) is 7.05 Å². The van der Waals surface area contributed by atoms with E-state index in [1.165, 1.54) is 0 Å². The first-order valence-corrected chi connectivity index (χ1v) is 6.34. The highest BCUT2D eigenvalue weighted by Gasteiger charge is 2.13. The summed E-state index contributed by atoms with van der Waals surface area (Å²) in [6, 6.07) is 5.85. The summed E-state index contributed by atoms with van der Waals surface area (Å²) in [7, 11) is 2.06. The van der Waals surface area contributed by atoms with Crippen LogP contribution in [-0.2, 0) is 7.05 Å². The van der Waals surface area contributed by atoms with Gasteiger partial charge in [0.2, 0.25) is 0 Å². The number of hydrogen-bond acceptors (Lipinski definition) is 2. The highest BCUT2D eigenvalue weighted by molar-refractivity contribution is 6.31. The highest BCUT2D eigenvalue weighted by Crippen LogP contribution is 2.23. The normalized spacial score (nSPS) is 13.2. The maximum absolute atomic E-state index is 5.98. The summed E-state index contributed by atoms with van der Waals surface area (Å²) < 4.78 is 2.15. The second-order valence-electron chi connectivity index (χ2n) is 4.37. The molecule has 0 saturated carbocycles. The second-order valence-corrected chi connectivity index (χ2v) is 4.81. The second kappa shape index (κ2) is 5.07. The Bertz CT molecular complexity index is 519. The molecule has 1 unspecified atom stereocenters. The van der Waals surface area contributed by atoms with E-state index in [1.54, 1.807) is 0 Å². The number of rotatable bonds is 4. The van der Waals surface area contributed by atoms with Crippen molar-refractivity contribution in [2.75, 3.05) is 13.1 Å². The van der Waals surface area contributed by atoms with E-state index >= 15 is 0 Å². The Balaban J connectivity index is 2.37. The summed E-state index contributed by atoms with van der Waals surface area (Å²) in [5.74, 6) is 1.49. The zero-order chi connectivity index (χ0) is 12.4. The molecule has 2 rings (SSSR count). The van der Waals surface area contributed by atoms with Crippen LogP contribution >= 0.6 is 11.6 Å². The molecule has 0 aliphatic heterocycles. The minimum Gasteiger partial charge on any atom is -0.331 e. The topological polar surface area (TPSA) is 29.9 Å². The van der Waals surface area contributed by atoms with Gasteiger partial charge >= 0.3 is 0 Å². The lowest BCUT2D eigenvalue weighted by molar-refractivity contribution is 0.593. The summed E-state index contributed by atoms with van der Waals surface area (Å²) in [6.45, 7) is 6.23. The molecule has 0 spiro atoms. The van der Waals surface area contributed by atoms with Gasteiger partial charge in [-0.1, -0.05) is 25.4 Å². The maximum Gasteiger partial charge on any atom is 0.113 e. The van der Waals surface area contributed by atoms with E-state index in [0.29, 0.717) is 5.92 Å². The molecule has 0 aliphatic carbocycles. The number of nitrogens with one attached hydrogen (secondary N) is 1. The Labute approximate surface area is 107 Å². The molecule has 1 heterocycles. The van der Waals surface area contributed by atoms with Crippen LogP contribution in [0.25, 0.3) is 11.0 Å². The molecular weight excluding hydrogens is 234 g/mol. The zero-order valence-corrected chi connectivity index (χ0v) is 11.3. The molecule has 2 aromatic rings. The van der Waals surface area contributed by atoms with Crippen molar-refractivity contribution in [2.45, 2.75) is 19.8 Å². The van der Waals surface area contributed by atoms with Gasteiger partial charge in [-0.15, -0.1) is 0 Å². The van der Waals surface area contributed by atoms with Gasteiger partial charge in [0.1, 0.15) is 5.82 Å². The number of aryl methyl sites for hydroxylation is 1. The number of likely N-dealkylation sites (N-methyl/N-ethyl adjacent to an activating group) is 1. The van der Waals surface area contributed by atoms with E-state index in [9.17, 15) is 0 Å². The smallest absolute Gasteiger partial charge is 0.113 e. The molecule has 3 nitrogen and oxygen atoms in total. The van der Waals surface area contributed by atoms with Crippen molar-refractivity contribution in [1.82, 2.24) is 14.9 Å². The Hall–Kier alpha value is -1.06. The number of aromatic nitrogens is 2. The molecule has 0 fully saturated rings. The molecule has 92 valence electrons. The molecule has 4 heteroatoms. The predicted molar refractivity (Wildman–Crippen MR) is 72.7 cm³/mol. The lowest BCUT2D eigenvalue weighted by Gasteiger charge is -2.11. The third-order valence-electron chi connectivity index (χ3n) is 3.02. The lowest BCUT2D eigenvalue weighted by atomic mass is 10.1. The number of hydrogen-bond donors (Lipinski definition) is 1. The summed E-state index contributed by atoms with van der Waals surface area (Å²) in [5, 5.41) is 4.09. The molecule has 0 saturated heterocycles. The fraction of sp³-hybridized carbons (Fsp3) is 0.462. The van der Waals surface area contributed by atoms with Crippen LogP contribution in [-0.4, -0.2) is 22.6 Å². The van der Waals surface area contributed by atoms with Crippen molar-refractivity contribution in [3.8, 4) is 0 Å². The molecule has 0 bridgehead atoms. The van der Waals surface area contributed by atoms with Crippen molar-refractivity contribution in [3.63, 3.8) is 0 Å². The largest absolute Gasteiger partial charge is 0.331 e. The van der Waals surface area contributed by atoms with Crippen LogP contribution in [0.5, 0.6) is 0 Å². The van der Waals surface area contributed by atoms with Gasteiger partial charge in [-0.25, -0.2) is 4.98 Å². The first-order valence-electron chi connectivity index (χ1n) is 5.96. The van der Waals surface area contributed by atoms with Gasteiger partial charge in [0.25, 0.3) is 0 Å². The molecule has 0 aliphatic rings. The molecule has 1 atom stereocenters. The van der Waals surface area contributed by atoms with Crippen LogP contribution in [0.3, 0.4) is 0 Å². The van der Waals surface area contributed by atoms with Crippen molar-refractivity contribution in [3.05, 3.63) is 29.0 Å². The third kappa shape index (κ3) is 2.45. The van der Waals surface area contributed by atoms with Gasteiger partial charge in [-0.2, -0.15) is 0 Å². The molecular formula is C13H18ClN3. The van der Waals surface area contributed by atoms with Crippen LogP contribution in [0.2, 0.25) is 5.02 Å². The van der Waals surface area contributed by atoms with Gasteiger partial charge in [0.15, 0.2) is 0 Å². The zero-order valence-electron chi connectivity index (χ0n) is 10.5. The average molecular weight is 252 g/mol. The third-order valence-corrected chi connectivity index (χ3v) is 3.25. The first-order chi connectivity index (χ1) is 8.13. The van der Waals surface area contributed by atoms with Crippen molar-refractivity contribution >= 4 is 22.6 Å². The van der Waals surface area contributed by atoms with Crippen LogP contribution in [0, 0.1) is 0 Å². The van der Waals surface area contributed by atoms with Gasteiger partial charge in [0.05, 0.1) is 11.0 Å². The van der Waals surface area contributed by atoms with E-state index in [2.05, 4.69) is 35.8 Å². The Morgan fingerprint density at radius 3 is 2.94 bits per heavy atom. The van der Waals surface area contributed by atoms with E-state index in [4.69, 9.17) is 11.6 Å². The van der Waals surface area contributed by atoms with E-state index in [0.717, 1.165) is 35.0 Å². The van der Waals surface area contributed by atoms with Gasteiger partial charge in [-0.05, 0) is 24.7 Å². The Morgan fingerprint density at radius 2 is 2.24 bits per heavy atom. The molecule has 17 heavy (non-hydrogen) atoms. The minimum atomic E-state index is 0.395. The number of nitrogens with zero attached hydrogens (tertiary/aromatic N) is 2. The number of imidazole rings is 1. The van der Waals surface area contributed by atoms with E-state index in [1.807, 2.05) is 18.2 Å². The molecule has 0 amide bonds. The number of halogens is 1. The summed E-state index contributed by atoms with van der Waals surface area (Å²) in [6.07, 6.45) is 0. The van der Waals surface area contributed by atoms with Crippen LogP contribution in [0.15, 0.2) is 18.2 Å². The van der Waals surface area contributed by atoms with E-state index in [-0.39, 0.29) is 0 Å². The van der Waals surface area contributed by atoms with Crippen LogP contribution in [0.1, 0.15) is 25.6 Å². The summed E-state index contributed by atoms with van der Waals surface area (Å²) in [4.78, 5) is 4.66. The van der Waals surface area contributed by atoms with Gasteiger partial charge < -0.3 is 9.88 Å². The number of benzene rings is 1. The maximum atomic E-state index is 5.98.